The van der Waals surface area contributed by atoms with E-state index in [0.29, 0.717) is 10.0 Å². The molecule has 0 radical (unpaired) electrons. The van der Waals surface area contributed by atoms with Crippen LogP contribution >= 0.6 is 23.2 Å². The van der Waals surface area contributed by atoms with E-state index < -0.39 is 0 Å². The Morgan fingerprint density at radius 3 is 2.15 bits per heavy atom. The molecule has 0 amide bonds. The van der Waals surface area contributed by atoms with E-state index in [1.165, 1.54) is 6.07 Å². The number of rotatable bonds is 0. The van der Waals surface area contributed by atoms with Crippen LogP contribution < -0.4 is 0 Å². The average Bonchev–Trinajstić information content (AvgIpc) is 1.94. The summed E-state index contributed by atoms with van der Waals surface area (Å²) < 4.78 is 0. The molecule has 1 nitrogen and oxygen atoms in total. The fourth-order valence-electron chi connectivity index (χ4n) is 1.12. The first-order valence-corrected chi connectivity index (χ1v) is 4.76. The van der Waals surface area contributed by atoms with E-state index in [4.69, 9.17) is 23.2 Å². The molecule has 0 aliphatic heterocycles. The highest BCUT2D eigenvalue weighted by Crippen LogP contribution is 2.37. The summed E-state index contributed by atoms with van der Waals surface area (Å²) in [7, 11) is 0. The van der Waals surface area contributed by atoms with Gasteiger partial charge in [-0.2, -0.15) is 0 Å². The molecule has 0 unspecified atom stereocenters. The van der Waals surface area contributed by atoms with Gasteiger partial charge in [-0.15, -0.1) is 0 Å². The zero-order chi connectivity index (χ0) is 10.2. The molecular formula is C10H12Cl2O. The number of hydrogen-bond acceptors (Lipinski definition) is 1. The number of phenols is 1. The summed E-state index contributed by atoms with van der Waals surface area (Å²) in [6, 6.07) is 3.09. The van der Waals surface area contributed by atoms with Gasteiger partial charge in [0.25, 0.3) is 0 Å². The van der Waals surface area contributed by atoms with E-state index in [2.05, 4.69) is 0 Å². The summed E-state index contributed by atoms with van der Waals surface area (Å²) in [4.78, 5) is 0. The van der Waals surface area contributed by atoms with Crippen molar-refractivity contribution in [3.8, 4) is 5.75 Å². The Balaban J connectivity index is 3.37. The Labute approximate surface area is 88.3 Å². The molecule has 0 aliphatic carbocycles. The van der Waals surface area contributed by atoms with E-state index in [1.807, 2.05) is 20.8 Å². The lowest BCUT2D eigenvalue weighted by molar-refractivity contribution is 0.471. The van der Waals surface area contributed by atoms with Gasteiger partial charge in [-0.05, 0) is 17.0 Å². The molecule has 0 fully saturated rings. The van der Waals surface area contributed by atoms with Gasteiger partial charge >= 0.3 is 0 Å². The molecular weight excluding hydrogens is 207 g/mol. The van der Waals surface area contributed by atoms with Crippen molar-refractivity contribution in [2.45, 2.75) is 26.2 Å². The summed E-state index contributed by atoms with van der Waals surface area (Å²) in [5.74, 6) is 0.152. The van der Waals surface area contributed by atoms with Crippen LogP contribution in [0, 0.1) is 0 Å². The molecule has 1 aromatic carbocycles. The zero-order valence-corrected chi connectivity index (χ0v) is 9.37. The molecule has 0 bridgehead atoms. The first kappa shape index (κ1) is 10.7. The lowest BCUT2D eigenvalue weighted by Gasteiger charge is -2.21. The maximum Gasteiger partial charge on any atom is 0.117 e. The van der Waals surface area contributed by atoms with Gasteiger partial charge in [0.1, 0.15) is 5.75 Å². The topological polar surface area (TPSA) is 20.2 Å². The summed E-state index contributed by atoms with van der Waals surface area (Å²) in [6.45, 7) is 6.05. The van der Waals surface area contributed by atoms with Crippen LogP contribution in [0.15, 0.2) is 12.1 Å². The summed E-state index contributed by atoms with van der Waals surface area (Å²) in [5, 5.41) is 10.3. The van der Waals surface area contributed by atoms with Gasteiger partial charge in [-0.1, -0.05) is 44.0 Å². The number of halogens is 2. The Bertz CT molecular complexity index is 326. The van der Waals surface area contributed by atoms with Gasteiger partial charge in [0.05, 0.1) is 10.0 Å². The van der Waals surface area contributed by atoms with Crippen LogP contribution in [0.4, 0.5) is 0 Å². The predicted molar refractivity (Wildman–Crippen MR) is 56.8 cm³/mol. The van der Waals surface area contributed by atoms with Gasteiger partial charge in [0.2, 0.25) is 0 Å². The highest BCUT2D eigenvalue weighted by atomic mass is 35.5. The standard InChI is InChI=1S/C10H12Cl2O/c1-10(2,3)7-4-6(13)5-8(11)9(7)12/h4-5,13H,1-3H3. The summed E-state index contributed by atoms with van der Waals surface area (Å²) in [5.41, 5.74) is 0.749. The Kier molecular flexibility index (Phi) is 2.79. The maximum atomic E-state index is 9.34. The van der Waals surface area contributed by atoms with Crippen LogP contribution in [0.5, 0.6) is 5.75 Å². The lowest BCUT2D eigenvalue weighted by Crippen LogP contribution is -2.11. The van der Waals surface area contributed by atoms with Crippen LogP contribution in [0.3, 0.4) is 0 Å². The smallest absolute Gasteiger partial charge is 0.117 e. The van der Waals surface area contributed by atoms with E-state index in [-0.39, 0.29) is 11.2 Å². The second-order valence-electron chi connectivity index (χ2n) is 4.04. The van der Waals surface area contributed by atoms with Crippen LogP contribution in [0.25, 0.3) is 0 Å². The number of hydrogen-bond donors (Lipinski definition) is 1. The molecule has 0 aliphatic rings. The molecule has 1 rings (SSSR count). The fraction of sp³-hybridized carbons (Fsp3) is 0.400. The minimum Gasteiger partial charge on any atom is -0.508 e. The van der Waals surface area contributed by atoms with Gasteiger partial charge in [-0.3, -0.25) is 0 Å². The van der Waals surface area contributed by atoms with Crippen molar-refractivity contribution >= 4 is 23.2 Å². The minimum atomic E-state index is -0.112. The third-order valence-corrected chi connectivity index (χ3v) is 2.62. The SMILES string of the molecule is CC(C)(C)c1cc(O)cc(Cl)c1Cl. The molecule has 3 heteroatoms. The number of phenolic OH excluding ortho intramolecular Hbond substituents is 1. The average molecular weight is 219 g/mol. The largest absolute Gasteiger partial charge is 0.508 e. The van der Waals surface area contributed by atoms with Crippen molar-refractivity contribution < 1.29 is 5.11 Å². The van der Waals surface area contributed by atoms with Crippen LogP contribution in [0.1, 0.15) is 26.3 Å². The Morgan fingerprint density at radius 1 is 1.15 bits per heavy atom. The Morgan fingerprint density at radius 2 is 1.69 bits per heavy atom. The predicted octanol–water partition coefficient (Wildman–Crippen LogP) is 4.00. The van der Waals surface area contributed by atoms with Crippen LogP contribution in [0.2, 0.25) is 10.0 Å². The molecule has 0 aromatic heterocycles. The van der Waals surface area contributed by atoms with Crippen LogP contribution in [-0.4, -0.2) is 5.11 Å². The maximum absolute atomic E-state index is 9.34. The summed E-state index contributed by atoms with van der Waals surface area (Å²) in [6.07, 6.45) is 0. The van der Waals surface area contributed by atoms with Crippen LogP contribution in [-0.2, 0) is 5.41 Å². The number of aromatic hydroxyl groups is 1. The van der Waals surface area contributed by atoms with E-state index in [0.717, 1.165) is 5.56 Å². The van der Waals surface area contributed by atoms with Gasteiger partial charge in [-0.25, -0.2) is 0 Å². The quantitative estimate of drug-likeness (QED) is 0.699. The Hall–Kier alpha value is -0.400. The first-order chi connectivity index (χ1) is 5.82. The van der Waals surface area contributed by atoms with Crippen molar-refractivity contribution in [2.75, 3.05) is 0 Å². The normalized spacial score (nSPS) is 11.8. The molecule has 13 heavy (non-hydrogen) atoms. The van der Waals surface area contributed by atoms with Gasteiger partial charge < -0.3 is 5.11 Å². The lowest BCUT2D eigenvalue weighted by atomic mass is 9.87. The molecule has 0 saturated carbocycles. The van der Waals surface area contributed by atoms with E-state index >= 15 is 0 Å². The molecule has 0 atom stereocenters. The van der Waals surface area contributed by atoms with Crippen molar-refractivity contribution in [3.63, 3.8) is 0 Å². The molecule has 1 aromatic rings. The van der Waals surface area contributed by atoms with Crippen molar-refractivity contribution in [1.82, 2.24) is 0 Å². The third-order valence-electron chi connectivity index (χ3n) is 1.82. The molecule has 0 spiro atoms. The monoisotopic (exact) mass is 218 g/mol. The van der Waals surface area contributed by atoms with Crippen molar-refractivity contribution in [1.29, 1.82) is 0 Å². The molecule has 0 heterocycles. The highest BCUT2D eigenvalue weighted by molar-refractivity contribution is 6.42. The molecule has 0 saturated heterocycles. The minimum absolute atomic E-state index is 0.112. The first-order valence-electron chi connectivity index (χ1n) is 4.01. The van der Waals surface area contributed by atoms with Crippen molar-refractivity contribution in [2.24, 2.45) is 0 Å². The molecule has 72 valence electrons. The highest BCUT2D eigenvalue weighted by Gasteiger charge is 2.19. The second kappa shape index (κ2) is 3.39. The molecule has 1 N–H and O–H groups in total. The van der Waals surface area contributed by atoms with Crippen molar-refractivity contribution in [3.05, 3.63) is 27.7 Å². The van der Waals surface area contributed by atoms with Gasteiger partial charge in [0, 0.05) is 6.07 Å². The van der Waals surface area contributed by atoms with E-state index in [1.54, 1.807) is 6.07 Å². The summed E-state index contributed by atoms with van der Waals surface area (Å²) >= 11 is 11.8. The number of benzene rings is 1. The van der Waals surface area contributed by atoms with E-state index in [9.17, 15) is 5.11 Å². The van der Waals surface area contributed by atoms with Gasteiger partial charge in [0.15, 0.2) is 0 Å². The third kappa shape index (κ3) is 2.29. The second-order valence-corrected chi connectivity index (χ2v) is 4.82. The zero-order valence-electron chi connectivity index (χ0n) is 7.86. The fourth-order valence-corrected chi connectivity index (χ4v) is 1.73.